The zero-order valence-corrected chi connectivity index (χ0v) is 13.1. The lowest BCUT2D eigenvalue weighted by molar-refractivity contribution is 0.455. The Kier molecular flexibility index (Phi) is 4.17. The van der Waals surface area contributed by atoms with E-state index in [1.807, 2.05) is 0 Å². The fraction of sp³-hybridized carbons (Fsp3) is 0.462. The Balaban J connectivity index is 2.04. The first-order valence-corrected chi connectivity index (χ1v) is 8.34. The van der Waals surface area contributed by atoms with E-state index in [1.165, 1.54) is 0 Å². The van der Waals surface area contributed by atoms with E-state index in [-0.39, 0.29) is 11.8 Å². The van der Waals surface area contributed by atoms with Gasteiger partial charge in [-0.2, -0.15) is 4.98 Å². The van der Waals surface area contributed by atoms with E-state index in [0.29, 0.717) is 27.7 Å². The number of anilines is 1. The van der Waals surface area contributed by atoms with Gasteiger partial charge in [-0.25, -0.2) is 4.21 Å². The van der Waals surface area contributed by atoms with Crippen molar-refractivity contribution in [2.75, 3.05) is 24.5 Å². The van der Waals surface area contributed by atoms with Gasteiger partial charge in [0.2, 0.25) is 0 Å². The maximum Gasteiger partial charge on any atom is 0.298 e. The highest BCUT2D eigenvalue weighted by Gasteiger charge is 2.23. The van der Waals surface area contributed by atoms with Gasteiger partial charge in [0.15, 0.2) is 16.7 Å². The van der Waals surface area contributed by atoms with Crippen LogP contribution in [0.5, 0.6) is 0 Å². The van der Waals surface area contributed by atoms with Crippen molar-refractivity contribution in [3.8, 4) is 0 Å². The Morgan fingerprint density at radius 2 is 2.43 bits per heavy atom. The Morgan fingerprint density at radius 3 is 3.14 bits per heavy atom. The third-order valence-corrected chi connectivity index (χ3v) is 4.32. The molecule has 0 amide bonds. The van der Waals surface area contributed by atoms with Gasteiger partial charge in [0.25, 0.3) is 6.01 Å². The minimum Gasteiger partial charge on any atom is -0.423 e. The van der Waals surface area contributed by atoms with Crippen molar-refractivity contribution in [2.45, 2.75) is 18.7 Å². The van der Waals surface area contributed by atoms with Gasteiger partial charge in [-0.15, -0.1) is 0 Å². The van der Waals surface area contributed by atoms with Crippen LogP contribution in [0.15, 0.2) is 16.5 Å². The second-order valence-corrected chi connectivity index (χ2v) is 6.49. The second kappa shape index (κ2) is 5.92. The molecule has 0 bridgehead atoms. The Morgan fingerprint density at radius 1 is 1.62 bits per heavy atom. The van der Waals surface area contributed by atoms with Gasteiger partial charge < -0.3 is 19.2 Å². The van der Waals surface area contributed by atoms with E-state index in [2.05, 4.69) is 22.1 Å². The summed E-state index contributed by atoms with van der Waals surface area (Å²) in [7, 11) is 0. The zero-order valence-electron chi connectivity index (χ0n) is 11.5. The molecule has 0 radical (unpaired) electrons. The van der Waals surface area contributed by atoms with E-state index >= 15 is 0 Å². The first-order chi connectivity index (χ1) is 10.0. The van der Waals surface area contributed by atoms with Crippen molar-refractivity contribution in [2.24, 2.45) is 0 Å². The highest BCUT2D eigenvalue weighted by molar-refractivity contribution is 7.78. The van der Waals surface area contributed by atoms with Crippen LogP contribution in [-0.2, 0) is 16.8 Å². The van der Waals surface area contributed by atoms with Gasteiger partial charge in [-0.05, 0) is 19.1 Å². The molecule has 1 aliphatic rings. The molecule has 1 unspecified atom stereocenters. The maximum absolute atomic E-state index is 11.1. The average Bonchev–Trinajstić information content (AvgIpc) is 2.82. The van der Waals surface area contributed by atoms with Crippen LogP contribution in [0, 0.1) is 0 Å². The van der Waals surface area contributed by atoms with Gasteiger partial charge >= 0.3 is 0 Å². The fourth-order valence-corrected chi connectivity index (χ4v) is 3.26. The van der Waals surface area contributed by atoms with Gasteiger partial charge in [-0.1, -0.05) is 11.6 Å². The topological polar surface area (TPSA) is 78.6 Å². The van der Waals surface area contributed by atoms with E-state index in [4.69, 9.17) is 20.6 Å². The molecular weight excluding hydrogens is 314 g/mol. The molecule has 0 saturated carbocycles. The van der Waals surface area contributed by atoms with E-state index in [0.717, 1.165) is 19.6 Å². The summed E-state index contributed by atoms with van der Waals surface area (Å²) in [4.78, 5) is 6.57. The van der Waals surface area contributed by atoms with Crippen molar-refractivity contribution in [3.05, 3.63) is 22.7 Å². The number of piperazine rings is 1. The molecule has 0 spiro atoms. The lowest BCUT2D eigenvalue weighted by atomic mass is 10.2. The predicted molar refractivity (Wildman–Crippen MR) is 83.2 cm³/mol. The molecule has 1 saturated heterocycles. The van der Waals surface area contributed by atoms with Crippen LogP contribution in [-0.4, -0.2) is 39.4 Å². The highest BCUT2D eigenvalue weighted by atomic mass is 35.5. The summed E-state index contributed by atoms with van der Waals surface area (Å²) in [5.74, 6) is -0.0250. The standard InChI is InChI=1S/C13H16ClN3O3S/c1-8-6-15-2-3-17(8)13-16-11-5-10(14)4-9(7-21(18)19)12(11)20-13/h4-5,8,15H,2-3,6-7H2,1H3,(H,18,19)/t8-/m0/s1. The first-order valence-electron chi connectivity index (χ1n) is 6.68. The van der Waals surface area contributed by atoms with Crippen molar-refractivity contribution < 1.29 is 13.2 Å². The summed E-state index contributed by atoms with van der Waals surface area (Å²) in [6, 6.07) is 4.17. The molecule has 2 aromatic rings. The molecule has 3 rings (SSSR count). The number of benzene rings is 1. The smallest absolute Gasteiger partial charge is 0.298 e. The van der Waals surface area contributed by atoms with Crippen molar-refractivity contribution in [3.63, 3.8) is 0 Å². The number of rotatable bonds is 3. The fourth-order valence-electron chi connectivity index (χ4n) is 2.54. The van der Waals surface area contributed by atoms with E-state index in [9.17, 15) is 4.21 Å². The number of fused-ring (bicyclic) bond motifs is 1. The van der Waals surface area contributed by atoms with E-state index < -0.39 is 11.1 Å². The lowest BCUT2D eigenvalue weighted by Crippen LogP contribution is -2.50. The molecule has 2 heterocycles. The molecule has 8 heteroatoms. The molecule has 1 aromatic carbocycles. The van der Waals surface area contributed by atoms with Gasteiger partial charge in [-0.3, -0.25) is 0 Å². The molecule has 0 aliphatic carbocycles. The summed E-state index contributed by atoms with van der Waals surface area (Å²) in [5, 5.41) is 3.79. The summed E-state index contributed by atoms with van der Waals surface area (Å²) in [6.45, 7) is 4.64. The minimum atomic E-state index is -1.95. The van der Waals surface area contributed by atoms with Crippen LogP contribution in [0.4, 0.5) is 6.01 Å². The SMILES string of the molecule is C[C@H]1CNCCN1c1nc2cc(Cl)cc(CS(=O)O)c2o1. The average molecular weight is 330 g/mol. The van der Waals surface area contributed by atoms with Crippen LogP contribution < -0.4 is 10.2 Å². The minimum absolute atomic E-state index is 0.0250. The number of nitrogens with one attached hydrogen (secondary N) is 1. The summed E-state index contributed by atoms with van der Waals surface area (Å²) in [5.41, 5.74) is 1.74. The Hall–Kier alpha value is -1.15. The van der Waals surface area contributed by atoms with Crippen LogP contribution in [0.3, 0.4) is 0 Å². The van der Waals surface area contributed by atoms with Crippen LogP contribution in [0.1, 0.15) is 12.5 Å². The molecule has 1 aromatic heterocycles. The summed E-state index contributed by atoms with van der Waals surface area (Å²) >= 11 is 4.09. The molecule has 2 N–H and O–H groups in total. The number of hydrogen-bond donors (Lipinski definition) is 2. The van der Waals surface area contributed by atoms with E-state index in [1.54, 1.807) is 12.1 Å². The monoisotopic (exact) mass is 329 g/mol. The predicted octanol–water partition coefficient (Wildman–Crippen LogP) is 2.00. The third-order valence-electron chi connectivity index (χ3n) is 3.55. The number of aromatic nitrogens is 1. The number of halogens is 1. The molecule has 21 heavy (non-hydrogen) atoms. The summed E-state index contributed by atoms with van der Waals surface area (Å²) < 4.78 is 26.0. The number of hydrogen-bond acceptors (Lipinski definition) is 5. The normalized spacial score (nSPS) is 20.9. The summed E-state index contributed by atoms with van der Waals surface area (Å²) in [6.07, 6.45) is 0. The maximum atomic E-state index is 11.1. The third kappa shape index (κ3) is 3.06. The van der Waals surface area contributed by atoms with Crippen molar-refractivity contribution >= 4 is 39.8 Å². The van der Waals surface area contributed by atoms with Gasteiger partial charge in [0, 0.05) is 36.3 Å². The number of nitrogens with zero attached hydrogens (tertiary/aromatic N) is 2. The first kappa shape index (κ1) is 14.8. The van der Waals surface area contributed by atoms with Crippen LogP contribution in [0.2, 0.25) is 5.02 Å². The second-order valence-electron chi connectivity index (χ2n) is 5.12. The molecular formula is C13H16ClN3O3S. The van der Waals surface area contributed by atoms with Crippen molar-refractivity contribution in [1.82, 2.24) is 10.3 Å². The highest BCUT2D eigenvalue weighted by Crippen LogP contribution is 2.30. The zero-order chi connectivity index (χ0) is 15.0. The quantitative estimate of drug-likeness (QED) is 0.839. The largest absolute Gasteiger partial charge is 0.423 e. The molecule has 114 valence electrons. The van der Waals surface area contributed by atoms with Crippen LogP contribution >= 0.6 is 11.6 Å². The molecule has 1 fully saturated rings. The number of oxazole rings is 1. The van der Waals surface area contributed by atoms with Gasteiger partial charge in [0.05, 0.1) is 5.75 Å². The molecule has 6 nitrogen and oxygen atoms in total. The van der Waals surface area contributed by atoms with Crippen LogP contribution in [0.25, 0.3) is 11.1 Å². The van der Waals surface area contributed by atoms with Crippen molar-refractivity contribution in [1.29, 1.82) is 0 Å². The Labute approximate surface area is 129 Å². The van der Waals surface area contributed by atoms with Gasteiger partial charge in [0.1, 0.15) is 5.52 Å². The Bertz CT molecular complexity index is 691. The molecule has 2 atom stereocenters. The lowest BCUT2D eigenvalue weighted by Gasteiger charge is -2.32. The molecule has 1 aliphatic heterocycles.